The standard InChI is InChI=1S/C16H22O4/c1-4-19-16(18)13(3)11-15(20-10-9-17)14-7-5-12(2)6-8-14/h5-8,15,17H,3-4,9-11H2,1-2H3/t15-/m0/s1. The number of carbonyl (C=O) groups is 1. The maximum absolute atomic E-state index is 11.6. The van der Waals surface area contributed by atoms with Gasteiger partial charge in [-0.25, -0.2) is 4.79 Å². The van der Waals surface area contributed by atoms with Gasteiger partial charge in [0.1, 0.15) is 0 Å². The topological polar surface area (TPSA) is 55.8 Å². The number of benzene rings is 1. The first-order chi connectivity index (χ1) is 9.58. The van der Waals surface area contributed by atoms with E-state index >= 15 is 0 Å². The Labute approximate surface area is 120 Å². The van der Waals surface area contributed by atoms with Crippen molar-refractivity contribution in [1.29, 1.82) is 0 Å². The zero-order valence-corrected chi connectivity index (χ0v) is 12.1. The van der Waals surface area contributed by atoms with Gasteiger partial charge >= 0.3 is 5.97 Å². The fourth-order valence-electron chi connectivity index (χ4n) is 1.79. The van der Waals surface area contributed by atoms with Gasteiger partial charge in [-0.15, -0.1) is 0 Å². The van der Waals surface area contributed by atoms with Crippen molar-refractivity contribution in [2.24, 2.45) is 0 Å². The third-order valence-corrected chi connectivity index (χ3v) is 2.86. The van der Waals surface area contributed by atoms with Crippen LogP contribution in [0.2, 0.25) is 0 Å². The molecule has 110 valence electrons. The molecule has 0 saturated carbocycles. The van der Waals surface area contributed by atoms with Gasteiger partial charge in [-0.1, -0.05) is 36.4 Å². The fourth-order valence-corrected chi connectivity index (χ4v) is 1.79. The minimum Gasteiger partial charge on any atom is -0.463 e. The molecule has 1 aromatic rings. The number of esters is 1. The smallest absolute Gasteiger partial charge is 0.333 e. The summed E-state index contributed by atoms with van der Waals surface area (Å²) in [5.41, 5.74) is 2.48. The molecule has 0 aliphatic rings. The Bertz CT molecular complexity index is 436. The second-order valence-corrected chi connectivity index (χ2v) is 4.52. The third-order valence-electron chi connectivity index (χ3n) is 2.86. The molecule has 0 aliphatic heterocycles. The maximum Gasteiger partial charge on any atom is 0.333 e. The van der Waals surface area contributed by atoms with Crippen LogP contribution in [0.25, 0.3) is 0 Å². The van der Waals surface area contributed by atoms with Crippen molar-refractivity contribution in [3.8, 4) is 0 Å². The lowest BCUT2D eigenvalue weighted by Crippen LogP contribution is -2.14. The maximum atomic E-state index is 11.6. The summed E-state index contributed by atoms with van der Waals surface area (Å²) in [6, 6.07) is 7.88. The summed E-state index contributed by atoms with van der Waals surface area (Å²) >= 11 is 0. The predicted octanol–water partition coefficient (Wildman–Crippen LogP) is 2.55. The van der Waals surface area contributed by atoms with Crippen LogP contribution >= 0.6 is 0 Å². The molecule has 0 amide bonds. The van der Waals surface area contributed by atoms with Crippen molar-refractivity contribution in [3.63, 3.8) is 0 Å². The largest absolute Gasteiger partial charge is 0.463 e. The molecule has 1 aromatic carbocycles. The van der Waals surface area contributed by atoms with Gasteiger partial charge in [0.15, 0.2) is 0 Å². The molecule has 0 aromatic heterocycles. The monoisotopic (exact) mass is 278 g/mol. The normalized spacial score (nSPS) is 11.9. The third kappa shape index (κ3) is 5.15. The summed E-state index contributed by atoms with van der Waals surface area (Å²) in [6.07, 6.45) is 0.0432. The van der Waals surface area contributed by atoms with Gasteiger partial charge in [0.2, 0.25) is 0 Å². The number of carbonyl (C=O) groups excluding carboxylic acids is 1. The fraction of sp³-hybridized carbons (Fsp3) is 0.438. The Morgan fingerprint density at radius 3 is 2.55 bits per heavy atom. The molecule has 1 rings (SSSR count). The Balaban J connectivity index is 2.76. The molecule has 0 saturated heterocycles. The van der Waals surface area contributed by atoms with Crippen LogP contribution in [0.4, 0.5) is 0 Å². The van der Waals surface area contributed by atoms with Crippen LogP contribution in [0.1, 0.15) is 30.6 Å². The lowest BCUT2D eigenvalue weighted by molar-refractivity contribution is -0.139. The average molecular weight is 278 g/mol. The summed E-state index contributed by atoms with van der Waals surface area (Å²) in [6.45, 7) is 7.99. The van der Waals surface area contributed by atoms with E-state index in [1.807, 2.05) is 31.2 Å². The number of ether oxygens (including phenoxy) is 2. The van der Waals surface area contributed by atoms with E-state index in [2.05, 4.69) is 6.58 Å². The molecule has 0 heterocycles. The first kappa shape index (κ1) is 16.4. The van der Waals surface area contributed by atoms with Crippen LogP contribution < -0.4 is 0 Å². The summed E-state index contributed by atoms with van der Waals surface area (Å²) in [7, 11) is 0. The Hall–Kier alpha value is -1.65. The predicted molar refractivity (Wildman–Crippen MR) is 77.3 cm³/mol. The van der Waals surface area contributed by atoms with Crippen molar-refractivity contribution >= 4 is 5.97 Å². The number of hydrogen-bond acceptors (Lipinski definition) is 4. The van der Waals surface area contributed by atoms with Crippen LogP contribution in [-0.2, 0) is 14.3 Å². The van der Waals surface area contributed by atoms with Gasteiger partial charge in [0.05, 0.1) is 25.9 Å². The summed E-state index contributed by atoms with van der Waals surface area (Å²) in [5, 5.41) is 8.89. The van der Waals surface area contributed by atoms with E-state index in [0.29, 0.717) is 18.6 Å². The van der Waals surface area contributed by atoms with Gasteiger partial charge in [-0.05, 0) is 19.4 Å². The van der Waals surface area contributed by atoms with Crippen molar-refractivity contribution in [3.05, 3.63) is 47.5 Å². The van der Waals surface area contributed by atoms with Gasteiger partial charge < -0.3 is 14.6 Å². The highest BCUT2D eigenvalue weighted by Crippen LogP contribution is 2.25. The van der Waals surface area contributed by atoms with Crippen LogP contribution in [-0.4, -0.2) is 30.9 Å². The van der Waals surface area contributed by atoms with E-state index in [4.69, 9.17) is 14.6 Å². The molecular weight excluding hydrogens is 256 g/mol. The van der Waals surface area contributed by atoms with E-state index in [-0.39, 0.29) is 19.3 Å². The van der Waals surface area contributed by atoms with Crippen LogP contribution in [0.3, 0.4) is 0 Å². The molecular formula is C16H22O4. The van der Waals surface area contributed by atoms with E-state index in [1.54, 1.807) is 6.92 Å². The van der Waals surface area contributed by atoms with Gasteiger partial charge in [0, 0.05) is 12.0 Å². The first-order valence-corrected chi connectivity index (χ1v) is 6.72. The molecule has 20 heavy (non-hydrogen) atoms. The number of aryl methyl sites for hydroxylation is 1. The zero-order chi connectivity index (χ0) is 15.0. The van der Waals surface area contributed by atoms with Crippen LogP contribution in [0.5, 0.6) is 0 Å². The number of aliphatic hydroxyl groups is 1. The quantitative estimate of drug-likeness (QED) is 0.586. The summed E-state index contributed by atoms with van der Waals surface area (Å²) in [5.74, 6) is -0.405. The number of rotatable bonds is 8. The number of aliphatic hydroxyl groups excluding tert-OH is 1. The summed E-state index contributed by atoms with van der Waals surface area (Å²) < 4.78 is 10.5. The lowest BCUT2D eigenvalue weighted by atomic mass is 10.0. The molecule has 0 unspecified atom stereocenters. The SMILES string of the molecule is C=C(C[C@H](OCCO)c1ccc(C)cc1)C(=O)OCC. The Morgan fingerprint density at radius 2 is 2.00 bits per heavy atom. The molecule has 4 heteroatoms. The van der Waals surface area contributed by atoms with Crippen molar-refractivity contribution in [2.75, 3.05) is 19.8 Å². The molecule has 4 nitrogen and oxygen atoms in total. The van der Waals surface area contributed by atoms with Gasteiger partial charge in [-0.2, -0.15) is 0 Å². The lowest BCUT2D eigenvalue weighted by Gasteiger charge is -2.19. The zero-order valence-electron chi connectivity index (χ0n) is 12.1. The molecule has 0 aliphatic carbocycles. The molecule has 0 radical (unpaired) electrons. The van der Waals surface area contributed by atoms with E-state index < -0.39 is 5.97 Å². The molecule has 0 bridgehead atoms. The van der Waals surface area contributed by atoms with E-state index in [9.17, 15) is 4.79 Å². The van der Waals surface area contributed by atoms with E-state index in [1.165, 1.54) is 0 Å². The highest BCUT2D eigenvalue weighted by Gasteiger charge is 2.18. The highest BCUT2D eigenvalue weighted by atomic mass is 16.5. The minimum absolute atomic E-state index is 0.0613. The highest BCUT2D eigenvalue weighted by molar-refractivity contribution is 5.87. The minimum atomic E-state index is -0.405. The molecule has 0 fully saturated rings. The first-order valence-electron chi connectivity index (χ1n) is 6.72. The Morgan fingerprint density at radius 1 is 1.35 bits per heavy atom. The second kappa shape index (κ2) is 8.51. The molecule has 0 spiro atoms. The van der Waals surface area contributed by atoms with Crippen molar-refractivity contribution in [1.82, 2.24) is 0 Å². The van der Waals surface area contributed by atoms with Gasteiger partial charge in [0.25, 0.3) is 0 Å². The van der Waals surface area contributed by atoms with Crippen LogP contribution in [0, 0.1) is 6.92 Å². The van der Waals surface area contributed by atoms with E-state index in [0.717, 1.165) is 11.1 Å². The second-order valence-electron chi connectivity index (χ2n) is 4.52. The van der Waals surface area contributed by atoms with Crippen LogP contribution in [0.15, 0.2) is 36.4 Å². The summed E-state index contributed by atoms with van der Waals surface area (Å²) in [4.78, 5) is 11.6. The molecule has 1 N–H and O–H groups in total. The number of hydrogen-bond donors (Lipinski definition) is 1. The van der Waals surface area contributed by atoms with Crippen molar-refractivity contribution < 1.29 is 19.4 Å². The average Bonchev–Trinajstić information content (AvgIpc) is 2.44. The Kier molecular flexibility index (Phi) is 6.98. The molecule has 1 atom stereocenters. The van der Waals surface area contributed by atoms with Crippen molar-refractivity contribution in [2.45, 2.75) is 26.4 Å². The van der Waals surface area contributed by atoms with Gasteiger partial charge in [-0.3, -0.25) is 0 Å².